The third-order valence-corrected chi connectivity index (χ3v) is 3.60. The van der Waals surface area contributed by atoms with Gasteiger partial charge in [-0.3, -0.25) is 14.4 Å². The molecule has 0 aromatic heterocycles. The summed E-state index contributed by atoms with van der Waals surface area (Å²) in [6, 6.07) is 6.24. The van der Waals surface area contributed by atoms with E-state index in [2.05, 4.69) is 0 Å². The highest BCUT2D eigenvalue weighted by atomic mass is 16.2. The van der Waals surface area contributed by atoms with E-state index in [0.717, 1.165) is 0 Å². The van der Waals surface area contributed by atoms with Crippen molar-refractivity contribution in [1.29, 1.82) is 0 Å². The van der Waals surface area contributed by atoms with Crippen LogP contribution in [0.3, 0.4) is 0 Å². The van der Waals surface area contributed by atoms with Gasteiger partial charge in [-0.2, -0.15) is 0 Å². The zero-order valence-electron chi connectivity index (χ0n) is 11.0. The molecule has 1 aromatic rings. The van der Waals surface area contributed by atoms with E-state index in [4.69, 9.17) is 11.5 Å². The summed E-state index contributed by atoms with van der Waals surface area (Å²) in [5, 5.41) is 0. The third kappa shape index (κ3) is 2.96. The predicted octanol–water partition coefficient (Wildman–Crippen LogP) is 0.123. The standard InChI is InChI=1S/C14H17N3O3/c15-12(18)9-1-3-11(4-2-9)14(20)17-7-5-10(6-8-17)13(16)19/h1-4,10H,5-8H2,(H2,15,18)(H2,16,19). The average Bonchev–Trinajstić information content (AvgIpc) is 2.46. The van der Waals surface area contributed by atoms with Gasteiger partial charge in [0.05, 0.1) is 0 Å². The maximum atomic E-state index is 12.3. The number of hydrogen-bond acceptors (Lipinski definition) is 3. The van der Waals surface area contributed by atoms with Crippen molar-refractivity contribution in [3.8, 4) is 0 Å². The van der Waals surface area contributed by atoms with Gasteiger partial charge >= 0.3 is 0 Å². The van der Waals surface area contributed by atoms with Crippen LogP contribution in [0.2, 0.25) is 0 Å². The molecular weight excluding hydrogens is 258 g/mol. The molecule has 1 fully saturated rings. The first-order valence-corrected chi connectivity index (χ1v) is 6.47. The number of nitrogens with two attached hydrogens (primary N) is 2. The topological polar surface area (TPSA) is 106 Å². The number of piperidine rings is 1. The summed E-state index contributed by atoms with van der Waals surface area (Å²) < 4.78 is 0. The van der Waals surface area contributed by atoms with Crippen LogP contribution in [0.4, 0.5) is 0 Å². The summed E-state index contributed by atoms with van der Waals surface area (Å²) in [5.74, 6) is -1.07. The summed E-state index contributed by atoms with van der Waals surface area (Å²) >= 11 is 0. The van der Waals surface area contributed by atoms with E-state index in [-0.39, 0.29) is 17.7 Å². The molecule has 1 saturated heterocycles. The Morgan fingerprint density at radius 1 is 0.950 bits per heavy atom. The predicted molar refractivity (Wildman–Crippen MR) is 72.8 cm³/mol. The van der Waals surface area contributed by atoms with Crippen molar-refractivity contribution in [3.63, 3.8) is 0 Å². The fourth-order valence-electron chi connectivity index (χ4n) is 2.33. The molecule has 0 aliphatic carbocycles. The second kappa shape index (κ2) is 5.73. The summed E-state index contributed by atoms with van der Waals surface area (Å²) in [6.45, 7) is 1.04. The summed E-state index contributed by atoms with van der Waals surface area (Å²) in [5.41, 5.74) is 11.3. The molecule has 6 heteroatoms. The van der Waals surface area contributed by atoms with Gasteiger partial charge in [-0.05, 0) is 37.1 Å². The van der Waals surface area contributed by atoms with E-state index >= 15 is 0 Å². The van der Waals surface area contributed by atoms with Crippen molar-refractivity contribution in [2.24, 2.45) is 17.4 Å². The lowest BCUT2D eigenvalue weighted by Crippen LogP contribution is -2.41. The molecular formula is C14H17N3O3. The molecule has 20 heavy (non-hydrogen) atoms. The minimum absolute atomic E-state index is 0.107. The van der Waals surface area contributed by atoms with Crippen LogP contribution in [0.25, 0.3) is 0 Å². The maximum Gasteiger partial charge on any atom is 0.253 e. The molecule has 6 nitrogen and oxygen atoms in total. The lowest BCUT2D eigenvalue weighted by molar-refractivity contribution is -0.123. The zero-order valence-corrected chi connectivity index (χ0v) is 11.0. The van der Waals surface area contributed by atoms with Crippen LogP contribution >= 0.6 is 0 Å². The molecule has 0 spiro atoms. The first-order valence-electron chi connectivity index (χ1n) is 6.47. The van der Waals surface area contributed by atoms with Crippen molar-refractivity contribution >= 4 is 17.7 Å². The van der Waals surface area contributed by atoms with Gasteiger partial charge in [0.1, 0.15) is 0 Å². The SMILES string of the molecule is NC(=O)c1ccc(C(=O)N2CCC(C(N)=O)CC2)cc1. The number of nitrogens with zero attached hydrogens (tertiary/aromatic N) is 1. The number of likely N-dealkylation sites (tertiary alicyclic amines) is 1. The molecule has 0 unspecified atom stereocenters. The number of amides is 3. The molecule has 0 atom stereocenters. The first-order chi connectivity index (χ1) is 9.49. The molecule has 1 aromatic carbocycles. The van der Waals surface area contributed by atoms with E-state index in [0.29, 0.717) is 37.1 Å². The smallest absolute Gasteiger partial charge is 0.253 e. The van der Waals surface area contributed by atoms with E-state index in [1.165, 1.54) is 12.1 Å². The molecule has 1 aliphatic heterocycles. The van der Waals surface area contributed by atoms with Crippen molar-refractivity contribution in [3.05, 3.63) is 35.4 Å². The Balaban J connectivity index is 2.01. The highest BCUT2D eigenvalue weighted by Gasteiger charge is 2.26. The van der Waals surface area contributed by atoms with E-state index < -0.39 is 5.91 Å². The third-order valence-electron chi connectivity index (χ3n) is 3.60. The summed E-state index contributed by atoms with van der Waals surface area (Å²) in [7, 11) is 0. The molecule has 1 heterocycles. The van der Waals surface area contributed by atoms with E-state index in [1.54, 1.807) is 17.0 Å². The highest BCUT2D eigenvalue weighted by Crippen LogP contribution is 2.18. The highest BCUT2D eigenvalue weighted by molar-refractivity contribution is 5.97. The largest absolute Gasteiger partial charge is 0.369 e. The quantitative estimate of drug-likeness (QED) is 0.818. The van der Waals surface area contributed by atoms with Gasteiger partial charge < -0.3 is 16.4 Å². The van der Waals surface area contributed by atoms with Gasteiger partial charge in [-0.15, -0.1) is 0 Å². The lowest BCUT2D eigenvalue weighted by atomic mass is 9.96. The van der Waals surface area contributed by atoms with Gasteiger partial charge in [-0.25, -0.2) is 0 Å². The van der Waals surface area contributed by atoms with Crippen LogP contribution in [0.5, 0.6) is 0 Å². The Morgan fingerprint density at radius 2 is 1.45 bits per heavy atom. The molecule has 4 N–H and O–H groups in total. The zero-order chi connectivity index (χ0) is 14.7. The second-order valence-corrected chi connectivity index (χ2v) is 4.91. The molecule has 0 saturated carbocycles. The number of hydrogen-bond donors (Lipinski definition) is 2. The van der Waals surface area contributed by atoms with Crippen LogP contribution in [-0.4, -0.2) is 35.7 Å². The second-order valence-electron chi connectivity index (χ2n) is 4.91. The van der Waals surface area contributed by atoms with E-state index in [1.807, 2.05) is 0 Å². The Morgan fingerprint density at radius 3 is 1.90 bits per heavy atom. The minimum atomic E-state index is -0.522. The van der Waals surface area contributed by atoms with Gasteiger partial charge in [0.15, 0.2) is 0 Å². The van der Waals surface area contributed by atoms with Crippen LogP contribution in [-0.2, 0) is 4.79 Å². The number of benzene rings is 1. The number of carbonyl (C=O) groups is 3. The van der Waals surface area contributed by atoms with Crippen molar-refractivity contribution in [1.82, 2.24) is 4.90 Å². The van der Waals surface area contributed by atoms with Crippen molar-refractivity contribution in [2.75, 3.05) is 13.1 Å². The average molecular weight is 275 g/mol. The van der Waals surface area contributed by atoms with Gasteiger partial charge in [0, 0.05) is 30.1 Å². The monoisotopic (exact) mass is 275 g/mol. The maximum absolute atomic E-state index is 12.3. The number of primary amides is 2. The first kappa shape index (κ1) is 14.0. The van der Waals surface area contributed by atoms with Crippen molar-refractivity contribution in [2.45, 2.75) is 12.8 Å². The lowest BCUT2D eigenvalue weighted by Gasteiger charge is -2.30. The van der Waals surface area contributed by atoms with Crippen LogP contribution in [0, 0.1) is 5.92 Å². The van der Waals surface area contributed by atoms with Gasteiger partial charge in [-0.1, -0.05) is 0 Å². The molecule has 1 aliphatic rings. The Kier molecular flexibility index (Phi) is 4.02. The normalized spacial score (nSPS) is 15.9. The Bertz CT molecular complexity index is 531. The van der Waals surface area contributed by atoms with Crippen LogP contribution in [0.15, 0.2) is 24.3 Å². The Labute approximate surface area is 116 Å². The molecule has 106 valence electrons. The molecule has 2 rings (SSSR count). The summed E-state index contributed by atoms with van der Waals surface area (Å²) in [4.78, 5) is 36.0. The molecule has 3 amide bonds. The number of rotatable bonds is 3. The fraction of sp³-hybridized carbons (Fsp3) is 0.357. The fourth-order valence-corrected chi connectivity index (χ4v) is 2.33. The number of carbonyl (C=O) groups excluding carboxylic acids is 3. The molecule has 0 radical (unpaired) electrons. The minimum Gasteiger partial charge on any atom is -0.369 e. The Hall–Kier alpha value is -2.37. The summed E-state index contributed by atoms with van der Waals surface area (Å²) in [6.07, 6.45) is 1.20. The van der Waals surface area contributed by atoms with Gasteiger partial charge in [0.25, 0.3) is 5.91 Å². The van der Waals surface area contributed by atoms with Crippen LogP contribution in [0.1, 0.15) is 33.6 Å². The van der Waals surface area contributed by atoms with Crippen LogP contribution < -0.4 is 11.5 Å². The molecule has 0 bridgehead atoms. The van der Waals surface area contributed by atoms with Gasteiger partial charge in [0.2, 0.25) is 11.8 Å². The van der Waals surface area contributed by atoms with Crippen molar-refractivity contribution < 1.29 is 14.4 Å². The van der Waals surface area contributed by atoms with E-state index in [9.17, 15) is 14.4 Å².